The van der Waals surface area contributed by atoms with E-state index in [1.54, 1.807) is 0 Å². The summed E-state index contributed by atoms with van der Waals surface area (Å²) in [5.41, 5.74) is 15.9. The van der Waals surface area contributed by atoms with Crippen molar-refractivity contribution >= 4 is 80.2 Å². The SMILES string of the molecule is Clc1ccc(-c2ccc(-c3cccc4c3C3(c5ccccc5-4)c4ccccc4-c4c3ccc3ccccc43)c[c]2[Pb])[c]([Pb])c1.[W]. The van der Waals surface area contributed by atoms with Gasteiger partial charge in [0.05, 0.1) is 0 Å². The molecule has 7 aromatic carbocycles. The van der Waals surface area contributed by atoms with E-state index in [1.165, 1.54) is 83.8 Å². The van der Waals surface area contributed by atoms with Gasteiger partial charge >= 0.3 is 297 Å². The van der Waals surface area contributed by atoms with Crippen molar-refractivity contribution in [3.05, 3.63) is 167 Å². The predicted molar refractivity (Wildman–Crippen MR) is 187 cm³/mol. The molecule has 2 aliphatic rings. The third-order valence-corrected chi connectivity index (χ3v) is 13.0. The number of rotatable bonds is 2. The molecule has 9 rings (SSSR count). The standard InChI is InChI=1S/C41H23Cl.2Pb.W/c42-30-23-20-27(21-24-30)26-16-18-29(19-17-26)32-12-7-13-34-33-10-3-5-14-36(33)41(40(32)34)37-15-6-4-11-35(37)39-31-9-2-1-8-28(31)22-25-38(39)41;;;/h1-16,18-20,22-25H;;;. The summed E-state index contributed by atoms with van der Waals surface area (Å²) >= 11 is 8.26. The van der Waals surface area contributed by atoms with Gasteiger partial charge in [0.2, 0.25) is 0 Å². The van der Waals surface area contributed by atoms with Gasteiger partial charge in [-0.3, -0.25) is 0 Å². The van der Waals surface area contributed by atoms with Gasteiger partial charge in [0.1, 0.15) is 0 Å². The summed E-state index contributed by atoms with van der Waals surface area (Å²) < 4.78 is 2.77. The van der Waals surface area contributed by atoms with E-state index in [2.05, 4.69) is 133 Å². The molecule has 1 unspecified atom stereocenters. The van der Waals surface area contributed by atoms with Gasteiger partial charge in [-0.2, -0.15) is 0 Å². The minimum absolute atomic E-state index is 0. The van der Waals surface area contributed by atoms with Crippen molar-refractivity contribution in [2.24, 2.45) is 0 Å². The molecule has 6 radical (unpaired) electrons. The molecule has 4 heteroatoms. The van der Waals surface area contributed by atoms with Gasteiger partial charge in [0.25, 0.3) is 0 Å². The van der Waals surface area contributed by atoms with E-state index in [0.29, 0.717) is 0 Å². The number of hydrogen-bond acceptors (Lipinski definition) is 0. The fraction of sp³-hybridized carbons (Fsp3) is 0.0244. The number of halogens is 1. The number of fused-ring (bicyclic) bond motifs is 12. The minimum Gasteiger partial charge on any atom is 0 e. The van der Waals surface area contributed by atoms with Crippen LogP contribution in [-0.2, 0) is 26.5 Å². The maximum Gasteiger partial charge on any atom is 0 e. The monoisotopic (exact) mass is 1150 g/mol. The van der Waals surface area contributed by atoms with Crippen LogP contribution >= 0.6 is 11.6 Å². The van der Waals surface area contributed by atoms with Gasteiger partial charge in [-0.25, -0.2) is 0 Å². The Hall–Kier alpha value is -2.38. The van der Waals surface area contributed by atoms with Crippen LogP contribution in [0, 0.1) is 0 Å². The van der Waals surface area contributed by atoms with Crippen molar-refractivity contribution in [1.29, 1.82) is 0 Å². The molecule has 1 atom stereocenters. The third kappa shape index (κ3) is 4.28. The maximum atomic E-state index is 6.34. The van der Waals surface area contributed by atoms with Crippen molar-refractivity contribution in [2.75, 3.05) is 0 Å². The Balaban J connectivity index is 0.00000300. The molecule has 0 aliphatic heterocycles. The summed E-state index contributed by atoms with van der Waals surface area (Å²) in [5, 5.41) is 3.43. The quantitative estimate of drug-likeness (QED) is 0.152. The molecule has 1 spiro atoms. The molecule has 0 heterocycles. The zero-order valence-electron chi connectivity index (χ0n) is 24.1. The molecule has 0 N–H and O–H groups in total. The van der Waals surface area contributed by atoms with E-state index in [4.69, 9.17) is 11.6 Å². The Labute approximate surface area is 314 Å². The van der Waals surface area contributed by atoms with E-state index in [9.17, 15) is 0 Å². The summed E-state index contributed by atoms with van der Waals surface area (Å²) in [4.78, 5) is 0. The Morgan fingerprint density at radius 2 is 1.09 bits per heavy atom. The first-order valence-corrected chi connectivity index (χ1v) is 19.1. The summed E-state index contributed by atoms with van der Waals surface area (Å²) in [5.74, 6) is 0. The molecule has 208 valence electrons. The Morgan fingerprint density at radius 1 is 0.467 bits per heavy atom. The van der Waals surface area contributed by atoms with E-state index < -0.39 is 0 Å². The fourth-order valence-corrected chi connectivity index (χ4v) is 11.3. The average Bonchev–Trinajstić information content (AvgIpc) is 3.53. The van der Waals surface area contributed by atoms with Gasteiger partial charge in [-0.1, -0.05) is 0 Å². The molecule has 0 nitrogen and oxygen atoms in total. The van der Waals surface area contributed by atoms with Gasteiger partial charge in [-0.05, 0) is 0 Å². The molecule has 0 amide bonds. The second-order valence-corrected chi connectivity index (χ2v) is 16.4. The molecular formula is C41H23ClPb2W. The molecule has 0 saturated heterocycles. The Bertz CT molecular complexity index is 2340. The Kier molecular flexibility index (Phi) is 7.60. The van der Waals surface area contributed by atoms with Crippen LogP contribution in [0.5, 0.6) is 0 Å². The van der Waals surface area contributed by atoms with Gasteiger partial charge in [-0.15, -0.1) is 0 Å². The van der Waals surface area contributed by atoms with E-state index in [0.717, 1.165) is 56.6 Å². The van der Waals surface area contributed by atoms with Crippen LogP contribution < -0.4 is 6.25 Å². The third-order valence-electron chi connectivity index (χ3n) is 9.60. The van der Waals surface area contributed by atoms with Crippen LogP contribution in [0.2, 0.25) is 5.02 Å². The summed E-state index contributed by atoms with van der Waals surface area (Å²) in [6, 6.07) is 52.3. The molecule has 7 aromatic rings. The fourth-order valence-electron chi connectivity index (χ4n) is 7.91. The summed E-state index contributed by atoms with van der Waals surface area (Å²) in [6.45, 7) is 0. The molecule has 0 aromatic heterocycles. The first-order chi connectivity index (χ1) is 21.6. The zero-order valence-corrected chi connectivity index (χ0v) is 35.5. The minimum atomic E-state index is -0.388. The predicted octanol–water partition coefficient (Wildman–Crippen LogP) is 8.76. The zero-order chi connectivity index (χ0) is 29.6. The van der Waals surface area contributed by atoms with Crippen LogP contribution in [0.25, 0.3) is 55.3 Å². The van der Waals surface area contributed by atoms with Gasteiger partial charge < -0.3 is 0 Å². The largest absolute Gasteiger partial charge is 0 e. The van der Waals surface area contributed by atoms with Crippen LogP contribution in [-0.4, -0.2) is 51.5 Å². The maximum absolute atomic E-state index is 6.34. The molecule has 2 aliphatic carbocycles. The van der Waals surface area contributed by atoms with Crippen LogP contribution in [0.15, 0.2) is 140 Å². The second-order valence-electron chi connectivity index (χ2n) is 11.7. The van der Waals surface area contributed by atoms with Gasteiger partial charge in [0, 0.05) is 21.1 Å². The van der Waals surface area contributed by atoms with E-state index >= 15 is 0 Å². The van der Waals surface area contributed by atoms with Crippen LogP contribution in [0.3, 0.4) is 0 Å². The molecule has 0 fully saturated rings. The van der Waals surface area contributed by atoms with E-state index in [1.807, 2.05) is 6.07 Å². The first kappa shape index (κ1) is 30.0. The Morgan fingerprint density at radius 3 is 1.87 bits per heavy atom. The first-order valence-electron chi connectivity index (χ1n) is 14.8. The summed E-state index contributed by atoms with van der Waals surface area (Å²) in [6.07, 6.45) is 0. The smallest absolute Gasteiger partial charge is 0 e. The number of hydrogen-bond donors (Lipinski definition) is 0. The van der Waals surface area contributed by atoms with Crippen molar-refractivity contribution in [2.45, 2.75) is 5.41 Å². The molecule has 0 bridgehead atoms. The summed E-state index contributed by atoms with van der Waals surface area (Å²) in [7, 11) is 0. The average molecular weight is 1150 g/mol. The van der Waals surface area contributed by atoms with Crippen LogP contribution in [0.1, 0.15) is 22.3 Å². The topological polar surface area (TPSA) is 0 Å². The molecular weight excluding hydrogens is 1130 g/mol. The van der Waals surface area contributed by atoms with E-state index in [-0.39, 0.29) is 26.5 Å². The molecule has 45 heavy (non-hydrogen) atoms. The second kappa shape index (κ2) is 11.4. The van der Waals surface area contributed by atoms with Crippen molar-refractivity contribution in [3.8, 4) is 44.5 Å². The molecule has 0 saturated carbocycles. The number of benzene rings is 7. The van der Waals surface area contributed by atoms with Crippen molar-refractivity contribution in [3.63, 3.8) is 0 Å². The van der Waals surface area contributed by atoms with Gasteiger partial charge in [0.15, 0.2) is 0 Å². The van der Waals surface area contributed by atoms with Crippen molar-refractivity contribution < 1.29 is 21.1 Å². The normalized spacial score (nSPS) is 15.4. The van der Waals surface area contributed by atoms with Crippen LogP contribution in [0.4, 0.5) is 0 Å². The van der Waals surface area contributed by atoms with Crippen molar-refractivity contribution in [1.82, 2.24) is 0 Å².